The minimum absolute atomic E-state index is 0.551. The maximum atomic E-state index is 5.62. The van der Waals surface area contributed by atoms with Crippen molar-refractivity contribution in [2.24, 2.45) is 5.73 Å². The van der Waals surface area contributed by atoms with Crippen LogP contribution in [-0.2, 0) is 13.1 Å². The lowest BCUT2D eigenvalue weighted by atomic mass is 10.2. The van der Waals surface area contributed by atoms with Gasteiger partial charge in [-0.1, -0.05) is 12.1 Å². The van der Waals surface area contributed by atoms with Crippen molar-refractivity contribution in [3.05, 3.63) is 47.8 Å². The summed E-state index contributed by atoms with van der Waals surface area (Å²) in [4.78, 5) is 6.49. The van der Waals surface area contributed by atoms with Crippen LogP contribution in [0.4, 0.5) is 5.69 Å². The second-order valence-electron chi connectivity index (χ2n) is 4.72. The summed E-state index contributed by atoms with van der Waals surface area (Å²) in [5, 5.41) is 0. The lowest BCUT2D eigenvalue weighted by Crippen LogP contribution is -2.18. The van der Waals surface area contributed by atoms with Crippen molar-refractivity contribution in [2.45, 2.75) is 13.1 Å². The molecule has 1 heterocycles. The Hall–Kier alpha value is -2.27. The molecule has 0 bridgehead atoms. The van der Waals surface area contributed by atoms with E-state index in [0.717, 1.165) is 16.9 Å². The quantitative estimate of drug-likeness (QED) is 0.882. The van der Waals surface area contributed by atoms with Crippen LogP contribution >= 0.6 is 0 Å². The summed E-state index contributed by atoms with van der Waals surface area (Å²) in [6, 6.07) is 9.95. The summed E-state index contributed by atoms with van der Waals surface area (Å²) in [5.41, 5.74) is 8.66. The zero-order valence-corrected chi connectivity index (χ0v) is 12.7. The summed E-state index contributed by atoms with van der Waals surface area (Å²) >= 11 is 0. The smallest absolute Gasteiger partial charge is 0.184 e. The van der Waals surface area contributed by atoms with Crippen molar-refractivity contribution in [1.82, 2.24) is 4.98 Å². The largest absolute Gasteiger partial charge is 0.493 e. The topological polar surface area (TPSA) is 60.6 Å². The Bertz CT molecular complexity index is 585. The van der Waals surface area contributed by atoms with Crippen molar-refractivity contribution in [1.29, 1.82) is 0 Å². The average Bonchev–Trinajstić information content (AvgIpc) is 2.54. The lowest BCUT2D eigenvalue weighted by molar-refractivity contribution is 0.349. The Morgan fingerprint density at radius 2 is 1.81 bits per heavy atom. The van der Waals surface area contributed by atoms with Gasteiger partial charge in [0.1, 0.15) is 5.69 Å². The van der Waals surface area contributed by atoms with Crippen LogP contribution in [0.1, 0.15) is 11.3 Å². The number of hydrogen-bond acceptors (Lipinski definition) is 5. The van der Waals surface area contributed by atoms with Crippen LogP contribution in [0.2, 0.25) is 0 Å². The minimum atomic E-state index is 0.551. The summed E-state index contributed by atoms with van der Waals surface area (Å²) in [6.07, 6.45) is 1.72. The molecule has 5 heteroatoms. The summed E-state index contributed by atoms with van der Waals surface area (Å²) in [7, 11) is 5.26. The maximum absolute atomic E-state index is 5.62. The fraction of sp³-hybridized carbons (Fsp3) is 0.312. The molecule has 2 rings (SSSR count). The number of methoxy groups -OCH3 is 2. The first kappa shape index (κ1) is 15.1. The fourth-order valence-corrected chi connectivity index (χ4v) is 2.17. The first-order valence-corrected chi connectivity index (χ1v) is 6.75. The zero-order valence-electron chi connectivity index (χ0n) is 12.7. The summed E-state index contributed by atoms with van der Waals surface area (Å²) in [6.45, 7) is 1.18. The third kappa shape index (κ3) is 3.44. The Morgan fingerprint density at radius 3 is 2.38 bits per heavy atom. The number of ether oxygens (including phenoxy) is 2. The molecule has 0 unspecified atom stereocenters. The van der Waals surface area contributed by atoms with E-state index in [2.05, 4.69) is 22.0 Å². The van der Waals surface area contributed by atoms with Crippen LogP contribution in [0.25, 0.3) is 0 Å². The van der Waals surface area contributed by atoms with E-state index < -0.39 is 0 Å². The maximum Gasteiger partial charge on any atom is 0.184 e. The first-order valence-electron chi connectivity index (χ1n) is 6.75. The molecule has 21 heavy (non-hydrogen) atoms. The molecule has 0 amide bonds. The lowest BCUT2D eigenvalue weighted by Gasteiger charge is -2.21. The van der Waals surface area contributed by atoms with Crippen molar-refractivity contribution in [3.8, 4) is 11.5 Å². The van der Waals surface area contributed by atoms with Crippen LogP contribution in [0, 0.1) is 0 Å². The molecule has 5 nitrogen and oxygen atoms in total. The SMILES string of the molecule is COc1ccnc(CN(C)c2ccc(CN)cc2)c1OC. The van der Waals surface area contributed by atoms with Gasteiger partial charge in [-0.05, 0) is 17.7 Å². The number of hydrogen-bond donors (Lipinski definition) is 1. The molecule has 2 N–H and O–H groups in total. The normalized spacial score (nSPS) is 10.3. The molecule has 2 aromatic rings. The standard InChI is InChI=1S/C16H21N3O2/c1-19(13-6-4-12(10-17)5-7-13)11-14-16(21-3)15(20-2)8-9-18-14/h4-9H,10-11,17H2,1-3H3. The average molecular weight is 287 g/mol. The molecule has 0 aliphatic rings. The molecule has 0 radical (unpaired) electrons. The predicted octanol–water partition coefficient (Wildman–Crippen LogP) is 2.19. The van der Waals surface area contributed by atoms with Crippen LogP contribution in [-0.4, -0.2) is 26.3 Å². The van der Waals surface area contributed by atoms with Gasteiger partial charge in [0.05, 0.1) is 20.8 Å². The molecule has 0 saturated heterocycles. The van der Waals surface area contributed by atoms with Crippen molar-refractivity contribution >= 4 is 5.69 Å². The second-order valence-corrected chi connectivity index (χ2v) is 4.72. The molecular weight excluding hydrogens is 266 g/mol. The van der Waals surface area contributed by atoms with Crippen LogP contribution in [0.15, 0.2) is 36.5 Å². The molecule has 1 aromatic carbocycles. The van der Waals surface area contributed by atoms with Crippen molar-refractivity contribution in [3.63, 3.8) is 0 Å². The molecule has 1 aromatic heterocycles. The Morgan fingerprint density at radius 1 is 1.10 bits per heavy atom. The van der Waals surface area contributed by atoms with Crippen molar-refractivity contribution < 1.29 is 9.47 Å². The first-order chi connectivity index (χ1) is 10.2. The van der Waals surface area contributed by atoms with Gasteiger partial charge in [0.25, 0.3) is 0 Å². The number of rotatable bonds is 6. The number of nitrogens with two attached hydrogens (primary N) is 1. The van der Waals surface area contributed by atoms with E-state index in [0.29, 0.717) is 24.6 Å². The van der Waals surface area contributed by atoms with Gasteiger partial charge < -0.3 is 20.1 Å². The highest BCUT2D eigenvalue weighted by molar-refractivity contribution is 5.49. The highest BCUT2D eigenvalue weighted by Gasteiger charge is 2.13. The van der Waals surface area contributed by atoms with Crippen LogP contribution in [0.3, 0.4) is 0 Å². The molecular formula is C16H21N3O2. The summed E-state index contributed by atoms with van der Waals surface area (Å²) < 4.78 is 10.7. The highest BCUT2D eigenvalue weighted by atomic mass is 16.5. The van der Waals surface area contributed by atoms with Gasteiger partial charge in [-0.3, -0.25) is 4.98 Å². The van der Waals surface area contributed by atoms with E-state index >= 15 is 0 Å². The molecule has 0 aliphatic carbocycles. The van der Waals surface area contributed by atoms with Gasteiger partial charge in [0, 0.05) is 31.5 Å². The predicted molar refractivity (Wildman–Crippen MR) is 83.8 cm³/mol. The van der Waals surface area contributed by atoms with Gasteiger partial charge in [-0.2, -0.15) is 0 Å². The molecule has 0 saturated carbocycles. The monoisotopic (exact) mass is 287 g/mol. The molecule has 0 fully saturated rings. The fourth-order valence-electron chi connectivity index (χ4n) is 2.17. The highest BCUT2D eigenvalue weighted by Crippen LogP contribution is 2.30. The molecule has 0 aliphatic heterocycles. The van der Waals surface area contributed by atoms with E-state index in [1.165, 1.54) is 0 Å². The number of pyridine rings is 1. The van der Waals surface area contributed by atoms with E-state index in [1.54, 1.807) is 26.5 Å². The molecule has 0 spiro atoms. The van der Waals surface area contributed by atoms with E-state index in [1.807, 2.05) is 19.2 Å². The van der Waals surface area contributed by atoms with E-state index in [9.17, 15) is 0 Å². The van der Waals surface area contributed by atoms with Gasteiger partial charge in [-0.15, -0.1) is 0 Å². The number of benzene rings is 1. The Balaban J connectivity index is 2.20. The Kier molecular flexibility index (Phi) is 5.00. The summed E-state index contributed by atoms with van der Waals surface area (Å²) in [5.74, 6) is 1.36. The van der Waals surface area contributed by atoms with Crippen LogP contribution in [0.5, 0.6) is 11.5 Å². The third-order valence-corrected chi connectivity index (χ3v) is 3.37. The second kappa shape index (κ2) is 6.95. The van der Waals surface area contributed by atoms with Gasteiger partial charge >= 0.3 is 0 Å². The Labute approximate surface area is 125 Å². The number of anilines is 1. The van der Waals surface area contributed by atoms with Crippen molar-refractivity contribution in [2.75, 3.05) is 26.2 Å². The molecule has 0 atom stereocenters. The third-order valence-electron chi connectivity index (χ3n) is 3.37. The van der Waals surface area contributed by atoms with Gasteiger partial charge in [0.2, 0.25) is 0 Å². The van der Waals surface area contributed by atoms with Crippen LogP contribution < -0.4 is 20.1 Å². The van der Waals surface area contributed by atoms with E-state index in [-0.39, 0.29) is 0 Å². The zero-order chi connectivity index (χ0) is 15.2. The number of aromatic nitrogens is 1. The number of nitrogens with zero attached hydrogens (tertiary/aromatic N) is 2. The van der Waals surface area contributed by atoms with E-state index in [4.69, 9.17) is 15.2 Å². The minimum Gasteiger partial charge on any atom is -0.493 e. The molecule has 112 valence electrons. The van der Waals surface area contributed by atoms with Gasteiger partial charge in [-0.25, -0.2) is 0 Å². The van der Waals surface area contributed by atoms with Gasteiger partial charge in [0.15, 0.2) is 11.5 Å².